The molecule has 0 aliphatic carbocycles. The molecule has 1 heterocycles. The Kier molecular flexibility index (Phi) is 7.20. The van der Waals surface area contributed by atoms with E-state index < -0.39 is 10.0 Å². The van der Waals surface area contributed by atoms with Gasteiger partial charge < -0.3 is 10.2 Å². The Labute approximate surface area is 157 Å². The first kappa shape index (κ1) is 20.9. The Morgan fingerprint density at radius 1 is 1.23 bits per heavy atom. The van der Waals surface area contributed by atoms with E-state index in [4.69, 9.17) is 0 Å². The van der Waals surface area contributed by atoms with E-state index in [0.29, 0.717) is 36.0 Å². The van der Waals surface area contributed by atoms with Crippen LogP contribution in [0.15, 0.2) is 23.1 Å². The Bertz CT molecular complexity index is 726. The molecule has 0 radical (unpaired) electrons. The quantitative estimate of drug-likeness (QED) is 0.782. The van der Waals surface area contributed by atoms with Crippen molar-refractivity contribution < 1.29 is 13.2 Å². The zero-order valence-electron chi connectivity index (χ0n) is 16.3. The van der Waals surface area contributed by atoms with Crippen LogP contribution in [0.25, 0.3) is 0 Å². The number of carbonyl (C=O) groups excluding carboxylic acids is 1. The van der Waals surface area contributed by atoms with Crippen molar-refractivity contribution >= 4 is 15.9 Å². The molecule has 1 aliphatic rings. The molecule has 1 saturated heterocycles. The number of benzene rings is 1. The van der Waals surface area contributed by atoms with Crippen LogP contribution < -0.4 is 5.32 Å². The molecule has 1 aliphatic heterocycles. The number of sulfonamides is 1. The summed E-state index contributed by atoms with van der Waals surface area (Å²) in [5.74, 6) is 0.240. The molecule has 0 aromatic heterocycles. The van der Waals surface area contributed by atoms with Crippen LogP contribution in [-0.2, 0) is 14.8 Å². The largest absolute Gasteiger partial charge is 0.339 e. The number of piperazine rings is 1. The summed E-state index contributed by atoms with van der Waals surface area (Å²) in [5, 5.41) is 3.21. The summed E-state index contributed by atoms with van der Waals surface area (Å²) in [4.78, 5) is 14.7. The third kappa shape index (κ3) is 5.28. The molecule has 1 fully saturated rings. The number of hydrogen-bond acceptors (Lipinski definition) is 4. The first-order valence-electron chi connectivity index (χ1n) is 9.27. The predicted molar refractivity (Wildman–Crippen MR) is 104 cm³/mol. The van der Waals surface area contributed by atoms with Crippen molar-refractivity contribution in [2.24, 2.45) is 5.92 Å². The van der Waals surface area contributed by atoms with Gasteiger partial charge in [0, 0.05) is 32.7 Å². The van der Waals surface area contributed by atoms with Gasteiger partial charge in [0.25, 0.3) is 0 Å². The van der Waals surface area contributed by atoms with Gasteiger partial charge in [0.15, 0.2) is 0 Å². The fourth-order valence-electron chi connectivity index (χ4n) is 3.08. The van der Waals surface area contributed by atoms with Gasteiger partial charge in [0.05, 0.1) is 11.4 Å². The molecule has 1 aromatic carbocycles. The lowest BCUT2D eigenvalue weighted by Gasteiger charge is -2.30. The molecule has 6 nitrogen and oxygen atoms in total. The highest BCUT2D eigenvalue weighted by Gasteiger charge is 2.29. The maximum Gasteiger partial charge on any atom is 0.243 e. The van der Waals surface area contributed by atoms with Crippen molar-refractivity contribution in [2.45, 2.75) is 39.0 Å². The van der Waals surface area contributed by atoms with Gasteiger partial charge in [0.2, 0.25) is 15.9 Å². The molecule has 0 bridgehead atoms. The second-order valence-corrected chi connectivity index (χ2v) is 9.33. The molecular weight excluding hydrogens is 350 g/mol. The van der Waals surface area contributed by atoms with Crippen LogP contribution in [0, 0.1) is 19.8 Å². The lowest BCUT2D eigenvalue weighted by Crippen LogP contribution is -2.50. The van der Waals surface area contributed by atoms with Gasteiger partial charge >= 0.3 is 0 Å². The fourth-order valence-corrected chi connectivity index (χ4v) is 4.69. The van der Waals surface area contributed by atoms with Gasteiger partial charge in [-0.1, -0.05) is 31.5 Å². The lowest BCUT2D eigenvalue weighted by atomic mass is 10.1. The maximum atomic E-state index is 13.2. The summed E-state index contributed by atoms with van der Waals surface area (Å²) in [6.07, 6.45) is 0.721. The van der Waals surface area contributed by atoms with Crippen molar-refractivity contribution in [1.82, 2.24) is 14.5 Å². The third-order valence-corrected chi connectivity index (χ3v) is 6.69. The smallest absolute Gasteiger partial charge is 0.243 e. The van der Waals surface area contributed by atoms with E-state index in [-0.39, 0.29) is 12.5 Å². The average Bonchev–Trinajstić information content (AvgIpc) is 2.58. The van der Waals surface area contributed by atoms with Crippen LogP contribution in [0.4, 0.5) is 0 Å². The summed E-state index contributed by atoms with van der Waals surface area (Å²) in [5.41, 5.74) is 1.74. The molecule has 146 valence electrons. The number of rotatable bonds is 7. The minimum Gasteiger partial charge on any atom is -0.339 e. The van der Waals surface area contributed by atoms with Crippen LogP contribution in [-0.4, -0.2) is 62.8 Å². The molecular formula is C19H31N3O3S. The van der Waals surface area contributed by atoms with E-state index in [1.807, 2.05) is 13.0 Å². The lowest BCUT2D eigenvalue weighted by molar-refractivity contribution is -0.132. The number of hydrogen-bond donors (Lipinski definition) is 1. The predicted octanol–water partition coefficient (Wildman–Crippen LogP) is 1.77. The number of carbonyl (C=O) groups is 1. The van der Waals surface area contributed by atoms with Crippen molar-refractivity contribution in [3.63, 3.8) is 0 Å². The molecule has 0 unspecified atom stereocenters. The zero-order chi connectivity index (χ0) is 19.3. The van der Waals surface area contributed by atoms with E-state index in [1.165, 1.54) is 4.31 Å². The van der Waals surface area contributed by atoms with Crippen molar-refractivity contribution in [1.29, 1.82) is 0 Å². The van der Waals surface area contributed by atoms with Gasteiger partial charge in [-0.15, -0.1) is 0 Å². The van der Waals surface area contributed by atoms with Crippen molar-refractivity contribution in [3.8, 4) is 0 Å². The summed E-state index contributed by atoms with van der Waals surface area (Å²) in [6, 6.07) is 5.32. The second kappa shape index (κ2) is 8.97. The molecule has 0 atom stereocenters. The number of aryl methyl sites for hydroxylation is 2. The van der Waals surface area contributed by atoms with E-state index in [2.05, 4.69) is 19.2 Å². The second-order valence-electron chi connectivity index (χ2n) is 7.42. The first-order valence-corrected chi connectivity index (χ1v) is 10.7. The maximum absolute atomic E-state index is 13.2. The van der Waals surface area contributed by atoms with Gasteiger partial charge in [-0.05, 0) is 37.8 Å². The van der Waals surface area contributed by atoms with Gasteiger partial charge in [0.1, 0.15) is 0 Å². The molecule has 26 heavy (non-hydrogen) atoms. The highest BCUT2D eigenvalue weighted by atomic mass is 32.2. The zero-order valence-corrected chi connectivity index (χ0v) is 17.1. The minimum absolute atomic E-state index is 0.0949. The summed E-state index contributed by atoms with van der Waals surface area (Å²) < 4.78 is 27.8. The summed E-state index contributed by atoms with van der Waals surface area (Å²) in [6.45, 7) is 10.9. The number of nitrogens with one attached hydrogen (secondary N) is 1. The number of nitrogens with zero attached hydrogens (tertiary/aromatic N) is 2. The monoisotopic (exact) mass is 381 g/mol. The standard InChI is InChI=1S/C19H31N3O3S/c1-15(2)7-10-22(14-19(23)21-11-8-20-9-12-21)26(24,25)18-6-5-16(3)13-17(18)4/h5-6,13,15,20H,7-12,14H2,1-4H3. The Balaban J connectivity index is 2.25. The van der Waals surface area contributed by atoms with Crippen molar-refractivity contribution in [2.75, 3.05) is 39.3 Å². The normalized spacial score (nSPS) is 15.7. The average molecular weight is 382 g/mol. The van der Waals surface area contributed by atoms with Crippen LogP contribution in [0.3, 0.4) is 0 Å². The van der Waals surface area contributed by atoms with Gasteiger partial charge in [-0.25, -0.2) is 8.42 Å². The van der Waals surface area contributed by atoms with Crippen molar-refractivity contribution in [3.05, 3.63) is 29.3 Å². The Morgan fingerprint density at radius 3 is 2.46 bits per heavy atom. The van der Waals surface area contributed by atoms with E-state index in [1.54, 1.807) is 24.0 Å². The SMILES string of the molecule is Cc1ccc(S(=O)(=O)N(CCC(C)C)CC(=O)N2CCNCC2)c(C)c1. The van der Waals surface area contributed by atoms with Crippen LogP contribution in [0.5, 0.6) is 0 Å². The number of amides is 1. The highest BCUT2D eigenvalue weighted by Crippen LogP contribution is 2.22. The van der Waals surface area contributed by atoms with Crippen LogP contribution in [0.1, 0.15) is 31.4 Å². The molecule has 1 amide bonds. The summed E-state index contributed by atoms with van der Waals surface area (Å²) in [7, 11) is -3.71. The van der Waals surface area contributed by atoms with Crippen LogP contribution >= 0.6 is 0 Å². The van der Waals surface area contributed by atoms with Crippen LogP contribution in [0.2, 0.25) is 0 Å². The highest BCUT2D eigenvalue weighted by molar-refractivity contribution is 7.89. The Morgan fingerprint density at radius 2 is 1.88 bits per heavy atom. The van der Waals surface area contributed by atoms with Gasteiger partial charge in [-0.2, -0.15) is 4.31 Å². The fraction of sp³-hybridized carbons (Fsp3) is 0.632. The topological polar surface area (TPSA) is 69.7 Å². The molecule has 0 spiro atoms. The molecule has 1 N–H and O–H groups in total. The minimum atomic E-state index is -3.71. The van der Waals surface area contributed by atoms with E-state index in [0.717, 1.165) is 25.1 Å². The third-order valence-electron chi connectivity index (χ3n) is 4.69. The molecule has 2 rings (SSSR count). The molecule has 0 saturated carbocycles. The molecule has 1 aromatic rings. The first-order chi connectivity index (χ1) is 12.2. The van der Waals surface area contributed by atoms with E-state index >= 15 is 0 Å². The molecule has 7 heteroatoms. The van der Waals surface area contributed by atoms with E-state index in [9.17, 15) is 13.2 Å². The summed E-state index contributed by atoms with van der Waals surface area (Å²) >= 11 is 0. The Hall–Kier alpha value is -1.44. The van der Waals surface area contributed by atoms with Gasteiger partial charge in [-0.3, -0.25) is 4.79 Å².